The maximum absolute atomic E-state index is 4.35. The van der Waals surface area contributed by atoms with Gasteiger partial charge in [-0.3, -0.25) is 0 Å². The Bertz CT molecular complexity index is 313. The van der Waals surface area contributed by atoms with Crippen LogP contribution in [-0.2, 0) is 13.5 Å². The maximum Gasteiger partial charge on any atom is 0.108 e. The van der Waals surface area contributed by atoms with E-state index in [9.17, 15) is 0 Å². The number of alkyl halides is 1. The van der Waals surface area contributed by atoms with Crippen LogP contribution in [0.4, 0.5) is 0 Å². The third-order valence-electron chi connectivity index (χ3n) is 3.50. The van der Waals surface area contributed by atoms with Gasteiger partial charge in [0.1, 0.15) is 5.82 Å². The smallest absolute Gasteiger partial charge is 0.108 e. The Balaban J connectivity index is 1.92. The molecule has 1 unspecified atom stereocenters. The van der Waals surface area contributed by atoms with Crippen LogP contribution in [0, 0.1) is 5.41 Å². The zero-order chi connectivity index (χ0) is 10.2. The van der Waals surface area contributed by atoms with Gasteiger partial charge in [0.2, 0.25) is 0 Å². The highest BCUT2D eigenvalue weighted by Crippen LogP contribution is 2.54. The van der Waals surface area contributed by atoms with E-state index < -0.39 is 0 Å². The molecule has 1 saturated carbocycles. The summed E-state index contributed by atoms with van der Waals surface area (Å²) in [6.45, 7) is 2.27. The average molecular weight is 257 g/mol. The second-order valence-corrected chi connectivity index (χ2v) is 5.81. The van der Waals surface area contributed by atoms with Crippen molar-refractivity contribution in [2.75, 3.05) is 0 Å². The lowest BCUT2D eigenvalue weighted by Crippen LogP contribution is -2.14. The van der Waals surface area contributed by atoms with E-state index >= 15 is 0 Å². The average Bonchev–Trinajstić information content (AvgIpc) is 2.83. The fraction of sp³-hybridized carbons (Fsp3) is 0.727. The Morgan fingerprint density at radius 1 is 1.64 bits per heavy atom. The van der Waals surface area contributed by atoms with Crippen molar-refractivity contribution in [3.05, 3.63) is 18.2 Å². The van der Waals surface area contributed by atoms with Crippen molar-refractivity contribution in [2.24, 2.45) is 12.5 Å². The van der Waals surface area contributed by atoms with Gasteiger partial charge in [-0.25, -0.2) is 4.98 Å². The van der Waals surface area contributed by atoms with Gasteiger partial charge in [-0.15, -0.1) is 0 Å². The molecule has 0 bridgehead atoms. The number of aryl methyl sites for hydroxylation is 2. The molecule has 1 aromatic rings. The minimum absolute atomic E-state index is 0.575. The van der Waals surface area contributed by atoms with E-state index in [2.05, 4.69) is 39.5 Å². The van der Waals surface area contributed by atoms with Crippen LogP contribution in [0.2, 0.25) is 0 Å². The van der Waals surface area contributed by atoms with Crippen LogP contribution in [0.25, 0.3) is 0 Å². The Hall–Kier alpha value is -0.310. The number of nitrogens with zero attached hydrogens (tertiary/aromatic N) is 2. The van der Waals surface area contributed by atoms with Crippen LogP contribution < -0.4 is 0 Å². The van der Waals surface area contributed by atoms with Crippen LogP contribution in [0.3, 0.4) is 0 Å². The van der Waals surface area contributed by atoms with Gasteiger partial charge in [-0.05, 0) is 24.7 Å². The number of halogens is 1. The molecular formula is C11H17BrN2. The number of aromatic nitrogens is 2. The molecule has 0 saturated heterocycles. The van der Waals surface area contributed by atoms with E-state index in [1.165, 1.54) is 25.1 Å². The van der Waals surface area contributed by atoms with Gasteiger partial charge in [0, 0.05) is 30.7 Å². The summed E-state index contributed by atoms with van der Waals surface area (Å²) in [5.74, 6) is 1.21. The standard InChI is InChI=1S/C11H17BrN2/c1-9(12)11(5-6-11)4-3-10-13-7-8-14(10)2/h7-9H,3-6H2,1-2H3. The van der Waals surface area contributed by atoms with Gasteiger partial charge in [0.25, 0.3) is 0 Å². The molecule has 1 atom stereocenters. The molecule has 1 fully saturated rings. The molecule has 78 valence electrons. The summed E-state index contributed by atoms with van der Waals surface area (Å²) < 4.78 is 2.12. The van der Waals surface area contributed by atoms with Crippen LogP contribution in [0.1, 0.15) is 32.0 Å². The SMILES string of the molecule is CC(Br)C1(CCc2nccn2C)CC1. The summed E-state index contributed by atoms with van der Waals surface area (Å²) in [5.41, 5.74) is 0.575. The quantitative estimate of drug-likeness (QED) is 0.758. The Labute approximate surface area is 93.9 Å². The van der Waals surface area contributed by atoms with E-state index in [0.717, 1.165) is 6.42 Å². The van der Waals surface area contributed by atoms with Crippen molar-refractivity contribution in [3.8, 4) is 0 Å². The van der Waals surface area contributed by atoms with Gasteiger partial charge >= 0.3 is 0 Å². The lowest BCUT2D eigenvalue weighted by molar-refractivity contribution is 0.458. The first kappa shape index (κ1) is 10.2. The summed E-state index contributed by atoms with van der Waals surface area (Å²) in [6.07, 6.45) is 9.04. The van der Waals surface area contributed by atoms with E-state index in [1.54, 1.807) is 0 Å². The normalized spacial score (nSPS) is 20.8. The molecule has 1 aliphatic carbocycles. The fourth-order valence-corrected chi connectivity index (χ4v) is 2.69. The first-order valence-electron chi connectivity index (χ1n) is 5.24. The van der Waals surface area contributed by atoms with Crippen LogP contribution in [0.5, 0.6) is 0 Å². The van der Waals surface area contributed by atoms with Crippen molar-refractivity contribution < 1.29 is 0 Å². The summed E-state index contributed by atoms with van der Waals surface area (Å²) in [6, 6.07) is 0. The summed E-state index contributed by atoms with van der Waals surface area (Å²) in [7, 11) is 2.07. The molecule has 1 heterocycles. The minimum atomic E-state index is 0.575. The third-order valence-corrected chi connectivity index (χ3v) is 4.47. The molecule has 1 aromatic heterocycles. The van der Waals surface area contributed by atoms with Crippen molar-refractivity contribution in [2.45, 2.75) is 37.4 Å². The molecule has 3 heteroatoms. The lowest BCUT2D eigenvalue weighted by atomic mass is 9.97. The summed E-state index contributed by atoms with van der Waals surface area (Å²) in [4.78, 5) is 5.00. The Morgan fingerprint density at radius 2 is 2.36 bits per heavy atom. The number of hydrogen-bond donors (Lipinski definition) is 0. The molecule has 2 rings (SSSR count). The fourth-order valence-electron chi connectivity index (χ4n) is 2.01. The van der Waals surface area contributed by atoms with Crippen molar-refractivity contribution in [3.63, 3.8) is 0 Å². The maximum atomic E-state index is 4.35. The van der Waals surface area contributed by atoms with E-state index in [0.29, 0.717) is 10.2 Å². The number of hydrogen-bond acceptors (Lipinski definition) is 1. The molecule has 14 heavy (non-hydrogen) atoms. The molecule has 1 aliphatic rings. The predicted octanol–water partition coefficient (Wildman–Crippen LogP) is 2.92. The highest BCUT2D eigenvalue weighted by atomic mass is 79.9. The van der Waals surface area contributed by atoms with Gasteiger partial charge in [-0.1, -0.05) is 22.9 Å². The first-order valence-corrected chi connectivity index (χ1v) is 6.16. The summed E-state index contributed by atoms with van der Waals surface area (Å²) >= 11 is 3.71. The van der Waals surface area contributed by atoms with Gasteiger partial charge in [-0.2, -0.15) is 0 Å². The number of rotatable bonds is 4. The third kappa shape index (κ3) is 1.88. The molecule has 0 radical (unpaired) electrons. The van der Waals surface area contributed by atoms with Crippen LogP contribution >= 0.6 is 15.9 Å². The topological polar surface area (TPSA) is 17.8 Å². The van der Waals surface area contributed by atoms with Crippen molar-refractivity contribution >= 4 is 15.9 Å². The van der Waals surface area contributed by atoms with Gasteiger partial charge in [0.15, 0.2) is 0 Å². The molecule has 0 amide bonds. The highest BCUT2D eigenvalue weighted by molar-refractivity contribution is 9.09. The van der Waals surface area contributed by atoms with E-state index in [4.69, 9.17) is 0 Å². The molecule has 0 aliphatic heterocycles. The first-order chi connectivity index (χ1) is 6.64. The predicted molar refractivity (Wildman–Crippen MR) is 61.6 cm³/mol. The van der Waals surface area contributed by atoms with Crippen molar-refractivity contribution in [1.29, 1.82) is 0 Å². The molecule has 0 spiro atoms. The number of imidazole rings is 1. The summed E-state index contributed by atoms with van der Waals surface area (Å²) in [5, 5.41) is 0. The highest BCUT2D eigenvalue weighted by Gasteiger charge is 2.45. The molecule has 0 aromatic carbocycles. The largest absolute Gasteiger partial charge is 0.338 e. The second kappa shape index (κ2) is 3.69. The minimum Gasteiger partial charge on any atom is -0.338 e. The Kier molecular flexibility index (Phi) is 2.69. The Morgan fingerprint density at radius 3 is 2.79 bits per heavy atom. The van der Waals surface area contributed by atoms with E-state index in [-0.39, 0.29) is 0 Å². The molecule has 2 nitrogen and oxygen atoms in total. The van der Waals surface area contributed by atoms with Gasteiger partial charge in [0.05, 0.1) is 0 Å². The van der Waals surface area contributed by atoms with E-state index in [1.807, 2.05) is 12.4 Å². The second-order valence-electron chi connectivity index (χ2n) is 4.43. The van der Waals surface area contributed by atoms with Gasteiger partial charge < -0.3 is 4.57 Å². The zero-order valence-electron chi connectivity index (χ0n) is 8.83. The van der Waals surface area contributed by atoms with Crippen LogP contribution in [-0.4, -0.2) is 14.4 Å². The lowest BCUT2D eigenvalue weighted by Gasteiger charge is -2.17. The molecule has 0 N–H and O–H groups in total. The van der Waals surface area contributed by atoms with Crippen LogP contribution in [0.15, 0.2) is 12.4 Å². The zero-order valence-corrected chi connectivity index (χ0v) is 10.4. The monoisotopic (exact) mass is 256 g/mol. The molecular weight excluding hydrogens is 240 g/mol. The van der Waals surface area contributed by atoms with Crippen molar-refractivity contribution in [1.82, 2.24) is 9.55 Å².